The number of nitrogens with one attached hydrogen (secondary N) is 1. The number of carbonyl (C=O) groups excluding carboxylic acids is 2. The van der Waals surface area contributed by atoms with Crippen molar-refractivity contribution in [1.29, 1.82) is 0 Å². The number of aromatic nitrogens is 1. The van der Waals surface area contributed by atoms with Crippen LogP contribution >= 0.6 is 0 Å². The fraction of sp³-hybridized carbons (Fsp3) is 0.190. The van der Waals surface area contributed by atoms with Gasteiger partial charge < -0.3 is 19.5 Å². The molecule has 0 atom stereocenters. The molecule has 150 valence electrons. The van der Waals surface area contributed by atoms with E-state index in [1.54, 1.807) is 25.1 Å². The quantitative estimate of drug-likeness (QED) is 0.603. The van der Waals surface area contributed by atoms with Crippen LogP contribution in [0, 0.1) is 5.82 Å². The van der Waals surface area contributed by atoms with Gasteiger partial charge in [-0.3, -0.25) is 14.6 Å². The molecule has 1 amide bonds. The number of amides is 1. The molecular weight excluding hydrogens is 379 g/mol. The fourth-order valence-electron chi connectivity index (χ4n) is 2.68. The molecule has 0 fully saturated rings. The summed E-state index contributed by atoms with van der Waals surface area (Å²) in [4.78, 5) is 27.3. The number of carbonyl (C=O) groups is 2. The van der Waals surface area contributed by atoms with Crippen molar-refractivity contribution in [2.75, 3.05) is 19.5 Å². The number of pyridine rings is 1. The SMILES string of the molecule is CCC(=O)C(=O)Nc1ccc(Oc2ccnc3cc(OC)c(OC)cc23)c(F)c1. The summed E-state index contributed by atoms with van der Waals surface area (Å²) in [5, 5.41) is 2.96. The molecule has 7 nitrogen and oxygen atoms in total. The highest BCUT2D eigenvalue weighted by molar-refractivity contribution is 6.40. The van der Waals surface area contributed by atoms with E-state index in [4.69, 9.17) is 14.2 Å². The molecule has 8 heteroatoms. The molecule has 0 aliphatic carbocycles. The second kappa shape index (κ2) is 8.55. The third kappa shape index (κ3) is 4.26. The summed E-state index contributed by atoms with van der Waals surface area (Å²) in [5.74, 6) is -0.758. The predicted molar refractivity (Wildman–Crippen MR) is 105 cm³/mol. The lowest BCUT2D eigenvalue weighted by molar-refractivity contribution is -0.134. The van der Waals surface area contributed by atoms with E-state index in [1.807, 2.05) is 0 Å². The van der Waals surface area contributed by atoms with E-state index in [2.05, 4.69) is 10.3 Å². The number of fused-ring (bicyclic) bond motifs is 1. The van der Waals surface area contributed by atoms with Crippen LogP contribution in [0.3, 0.4) is 0 Å². The van der Waals surface area contributed by atoms with Crippen LogP contribution in [0.25, 0.3) is 10.9 Å². The van der Waals surface area contributed by atoms with Gasteiger partial charge in [-0.05, 0) is 24.3 Å². The molecule has 0 bridgehead atoms. The van der Waals surface area contributed by atoms with E-state index < -0.39 is 17.5 Å². The van der Waals surface area contributed by atoms with E-state index in [1.165, 1.54) is 32.5 Å². The third-order valence-electron chi connectivity index (χ3n) is 4.19. The Kier molecular flexibility index (Phi) is 5.92. The second-order valence-corrected chi connectivity index (χ2v) is 6.01. The van der Waals surface area contributed by atoms with Gasteiger partial charge in [0.05, 0.1) is 19.7 Å². The molecule has 0 unspecified atom stereocenters. The largest absolute Gasteiger partial charge is 0.493 e. The number of nitrogens with zero attached hydrogens (tertiary/aromatic N) is 1. The maximum Gasteiger partial charge on any atom is 0.291 e. The number of methoxy groups -OCH3 is 2. The summed E-state index contributed by atoms with van der Waals surface area (Å²) in [6, 6.07) is 8.90. The van der Waals surface area contributed by atoms with E-state index in [0.717, 1.165) is 6.07 Å². The minimum atomic E-state index is -0.790. The zero-order valence-electron chi connectivity index (χ0n) is 16.1. The second-order valence-electron chi connectivity index (χ2n) is 6.01. The van der Waals surface area contributed by atoms with Crippen LogP contribution in [0.15, 0.2) is 42.6 Å². The number of anilines is 1. The lowest BCUT2D eigenvalue weighted by Gasteiger charge is -2.13. The Morgan fingerprint density at radius 2 is 1.72 bits per heavy atom. The zero-order valence-corrected chi connectivity index (χ0v) is 16.1. The molecule has 0 aliphatic heterocycles. The minimum absolute atomic E-state index is 0.0490. The lowest BCUT2D eigenvalue weighted by Crippen LogP contribution is -2.21. The summed E-state index contributed by atoms with van der Waals surface area (Å²) >= 11 is 0. The highest BCUT2D eigenvalue weighted by Crippen LogP contribution is 2.37. The first-order chi connectivity index (χ1) is 14.0. The van der Waals surface area contributed by atoms with Crippen molar-refractivity contribution >= 4 is 28.3 Å². The topological polar surface area (TPSA) is 86.8 Å². The molecule has 3 rings (SSSR count). The molecular formula is C21H19FN2O5. The average molecular weight is 398 g/mol. The monoisotopic (exact) mass is 398 g/mol. The molecule has 0 saturated heterocycles. The summed E-state index contributed by atoms with van der Waals surface area (Å²) in [6.45, 7) is 1.57. The maximum absolute atomic E-state index is 14.5. The number of hydrogen-bond acceptors (Lipinski definition) is 6. The number of ketones is 1. The number of Topliss-reactive ketones (excluding diaryl/α,β-unsaturated/α-hetero) is 1. The van der Waals surface area contributed by atoms with Gasteiger partial charge in [-0.1, -0.05) is 6.92 Å². The normalized spacial score (nSPS) is 10.5. The van der Waals surface area contributed by atoms with Crippen LogP contribution in [0.2, 0.25) is 0 Å². The van der Waals surface area contributed by atoms with Crippen LogP contribution < -0.4 is 19.5 Å². The Labute approximate surface area is 166 Å². The summed E-state index contributed by atoms with van der Waals surface area (Å²) in [5.41, 5.74) is 0.746. The lowest BCUT2D eigenvalue weighted by atomic mass is 10.1. The molecule has 0 aliphatic rings. The molecule has 1 aromatic heterocycles. The van der Waals surface area contributed by atoms with Crippen LogP contribution in [0.1, 0.15) is 13.3 Å². The Morgan fingerprint density at radius 3 is 2.38 bits per heavy atom. The number of halogens is 1. The Bertz CT molecular complexity index is 1080. The summed E-state index contributed by atoms with van der Waals surface area (Å²) in [6.07, 6.45) is 1.60. The smallest absolute Gasteiger partial charge is 0.291 e. The van der Waals surface area contributed by atoms with Gasteiger partial charge in [0, 0.05) is 35.8 Å². The van der Waals surface area contributed by atoms with E-state index in [0.29, 0.717) is 28.2 Å². The first-order valence-corrected chi connectivity index (χ1v) is 8.79. The van der Waals surface area contributed by atoms with E-state index >= 15 is 0 Å². The van der Waals surface area contributed by atoms with Gasteiger partial charge in [0.1, 0.15) is 5.75 Å². The van der Waals surface area contributed by atoms with Gasteiger partial charge in [0.15, 0.2) is 23.1 Å². The number of hydrogen-bond donors (Lipinski definition) is 1. The number of benzene rings is 2. The number of rotatable bonds is 7. The first kappa shape index (κ1) is 20.1. The Hall–Kier alpha value is -3.68. The first-order valence-electron chi connectivity index (χ1n) is 8.79. The van der Waals surface area contributed by atoms with E-state index in [9.17, 15) is 14.0 Å². The van der Waals surface area contributed by atoms with Crippen LogP contribution in [0.5, 0.6) is 23.0 Å². The van der Waals surface area contributed by atoms with Crippen LogP contribution in [0.4, 0.5) is 10.1 Å². The Morgan fingerprint density at radius 1 is 1.00 bits per heavy atom. The molecule has 3 aromatic rings. The van der Waals surface area contributed by atoms with Crippen molar-refractivity contribution in [1.82, 2.24) is 4.98 Å². The van der Waals surface area contributed by atoms with Crippen LogP contribution in [-0.4, -0.2) is 30.9 Å². The van der Waals surface area contributed by atoms with Gasteiger partial charge in [-0.15, -0.1) is 0 Å². The van der Waals surface area contributed by atoms with Crippen molar-refractivity contribution in [3.63, 3.8) is 0 Å². The maximum atomic E-state index is 14.5. The third-order valence-corrected chi connectivity index (χ3v) is 4.19. The number of ether oxygens (including phenoxy) is 3. The molecule has 0 spiro atoms. The van der Waals surface area contributed by atoms with Crippen molar-refractivity contribution < 1.29 is 28.2 Å². The molecule has 29 heavy (non-hydrogen) atoms. The van der Waals surface area contributed by atoms with Gasteiger partial charge in [0.25, 0.3) is 5.91 Å². The highest BCUT2D eigenvalue weighted by atomic mass is 19.1. The Balaban J connectivity index is 1.91. The standard InChI is InChI=1S/C21H19FN2O5/c1-4-16(25)21(26)24-12-5-6-18(14(22)9-12)29-17-7-8-23-15-11-20(28-3)19(27-2)10-13(15)17/h5-11H,4H2,1-3H3,(H,24,26). The van der Waals surface area contributed by atoms with Crippen molar-refractivity contribution in [2.45, 2.75) is 13.3 Å². The minimum Gasteiger partial charge on any atom is -0.493 e. The molecule has 1 N–H and O–H groups in total. The molecule has 2 aromatic carbocycles. The molecule has 0 radical (unpaired) electrons. The van der Waals surface area contributed by atoms with Crippen LogP contribution in [-0.2, 0) is 9.59 Å². The van der Waals surface area contributed by atoms with Gasteiger partial charge >= 0.3 is 0 Å². The average Bonchev–Trinajstić information content (AvgIpc) is 2.74. The molecule has 1 heterocycles. The van der Waals surface area contributed by atoms with Gasteiger partial charge in [-0.2, -0.15) is 0 Å². The van der Waals surface area contributed by atoms with E-state index in [-0.39, 0.29) is 17.9 Å². The predicted octanol–water partition coefficient (Wildman–Crippen LogP) is 4.10. The molecule has 0 saturated carbocycles. The van der Waals surface area contributed by atoms with Gasteiger partial charge in [-0.25, -0.2) is 4.39 Å². The highest BCUT2D eigenvalue weighted by Gasteiger charge is 2.15. The van der Waals surface area contributed by atoms with Gasteiger partial charge in [0.2, 0.25) is 5.78 Å². The van der Waals surface area contributed by atoms with Crippen molar-refractivity contribution in [3.05, 3.63) is 48.4 Å². The summed E-state index contributed by atoms with van der Waals surface area (Å²) in [7, 11) is 3.03. The summed E-state index contributed by atoms with van der Waals surface area (Å²) < 4.78 is 30.8. The van der Waals surface area contributed by atoms with Crippen molar-refractivity contribution in [2.24, 2.45) is 0 Å². The van der Waals surface area contributed by atoms with Crippen molar-refractivity contribution in [3.8, 4) is 23.0 Å². The fourth-order valence-corrected chi connectivity index (χ4v) is 2.68. The zero-order chi connectivity index (χ0) is 21.0.